The first kappa shape index (κ1) is 21.8. The van der Waals surface area contributed by atoms with Crippen LogP contribution < -0.4 is 9.47 Å². The number of rotatable bonds is 8. The van der Waals surface area contributed by atoms with E-state index in [1.165, 1.54) is 0 Å². The van der Waals surface area contributed by atoms with Crippen LogP contribution in [0, 0.1) is 0 Å². The van der Waals surface area contributed by atoms with Crippen LogP contribution in [0.4, 0.5) is 0 Å². The van der Waals surface area contributed by atoms with E-state index >= 15 is 0 Å². The SMILES string of the molecule is CCCOc1ccc(C(=O)N2CCN(Cc3nc(-c4ccc(OC)cc4)no3)CC2)cc1. The predicted molar refractivity (Wildman–Crippen MR) is 120 cm³/mol. The summed E-state index contributed by atoms with van der Waals surface area (Å²) in [7, 11) is 1.63. The van der Waals surface area contributed by atoms with Gasteiger partial charge in [-0.15, -0.1) is 0 Å². The summed E-state index contributed by atoms with van der Waals surface area (Å²) in [5.74, 6) is 2.75. The van der Waals surface area contributed by atoms with Crippen LogP contribution in [-0.4, -0.2) is 65.7 Å². The van der Waals surface area contributed by atoms with Crippen LogP contribution in [0.2, 0.25) is 0 Å². The molecule has 0 spiro atoms. The number of carbonyl (C=O) groups excluding carboxylic acids is 1. The Morgan fingerprint density at radius 2 is 1.69 bits per heavy atom. The van der Waals surface area contributed by atoms with Gasteiger partial charge in [-0.3, -0.25) is 9.69 Å². The zero-order chi connectivity index (χ0) is 22.3. The van der Waals surface area contributed by atoms with Crippen molar-refractivity contribution in [3.05, 3.63) is 60.0 Å². The second-order valence-corrected chi connectivity index (χ2v) is 7.68. The molecular formula is C24H28N4O4. The van der Waals surface area contributed by atoms with E-state index in [2.05, 4.69) is 22.0 Å². The summed E-state index contributed by atoms with van der Waals surface area (Å²) in [4.78, 5) is 21.4. The number of piperazine rings is 1. The van der Waals surface area contributed by atoms with Crippen LogP contribution in [0.3, 0.4) is 0 Å². The van der Waals surface area contributed by atoms with Crippen molar-refractivity contribution in [2.75, 3.05) is 39.9 Å². The summed E-state index contributed by atoms with van der Waals surface area (Å²) < 4.78 is 16.2. The van der Waals surface area contributed by atoms with Gasteiger partial charge in [0, 0.05) is 37.3 Å². The van der Waals surface area contributed by atoms with Gasteiger partial charge in [0.05, 0.1) is 20.3 Å². The second kappa shape index (κ2) is 10.3. The first-order valence-corrected chi connectivity index (χ1v) is 10.9. The van der Waals surface area contributed by atoms with E-state index in [0.717, 1.165) is 36.6 Å². The minimum absolute atomic E-state index is 0.0475. The predicted octanol–water partition coefficient (Wildman–Crippen LogP) is 3.49. The van der Waals surface area contributed by atoms with Crippen molar-refractivity contribution >= 4 is 5.91 Å². The lowest BCUT2D eigenvalue weighted by Gasteiger charge is -2.34. The second-order valence-electron chi connectivity index (χ2n) is 7.68. The molecule has 0 aliphatic carbocycles. The molecule has 8 heteroatoms. The maximum Gasteiger partial charge on any atom is 0.253 e. The third kappa shape index (κ3) is 5.26. The number of methoxy groups -OCH3 is 1. The van der Waals surface area contributed by atoms with Gasteiger partial charge in [-0.05, 0) is 55.0 Å². The zero-order valence-electron chi connectivity index (χ0n) is 18.5. The molecule has 4 rings (SSSR count). The molecule has 0 N–H and O–H groups in total. The molecule has 8 nitrogen and oxygen atoms in total. The lowest BCUT2D eigenvalue weighted by atomic mass is 10.1. The maximum atomic E-state index is 12.8. The molecule has 0 unspecified atom stereocenters. The van der Waals surface area contributed by atoms with Gasteiger partial charge < -0.3 is 18.9 Å². The van der Waals surface area contributed by atoms with Gasteiger partial charge in [-0.1, -0.05) is 12.1 Å². The van der Waals surface area contributed by atoms with Crippen molar-refractivity contribution in [3.8, 4) is 22.9 Å². The van der Waals surface area contributed by atoms with E-state index in [1.807, 2.05) is 53.4 Å². The Kier molecular flexibility index (Phi) is 7.01. The Balaban J connectivity index is 1.28. The van der Waals surface area contributed by atoms with Crippen LogP contribution in [0.1, 0.15) is 29.6 Å². The van der Waals surface area contributed by atoms with Crippen molar-refractivity contribution in [1.29, 1.82) is 0 Å². The Morgan fingerprint density at radius 1 is 1.00 bits per heavy atom. The largest absolute Gasteiger partial charge is 0.497 e. The highest BCUT2D eigenvalue weighted by Crippen LogP contribution is 2.20. The van der Waals surface area contributed by atoms with E-state index in [9.17, 15) is 4.79 Å². The molecule has 1 amide bonds. The molecule has 168 valence electrons. The highest BCUT2D eigenvalue weighted by molar-refractivity contribution is 5.94. The normalized spacial score (nSPS) is 14.4. The number of amides is 1. The van der Waals surface area contributed by atoms with Gasteiger partial charge in [0.25, 0.3) is 5.91 Å². The Morgan fingerprint density at radius 3 is 2.34 bits per heavy atom. The molecule has 1 aromatic heterocycles. The molecule has 1 aliphatic heterocycles. The smallest absolute Gasteiger partial charge is 0.253 e. The quantitative estimate of drug-likeness (QED) is 0.535. The number of hydrogen-bond acceptors (Lipinski definition) is 7. The van der Waals surface area contributed by atoms with E-state index in [1.54, 1.807) is 7.11 Å². The fourth-order valence-electron chi connectivity index (χ4n) is 3.57. The van der Waals surface area contributed by atoms with E-state index in [-0.39, 0.29) is 5.91 Å². The minimum Gasteiger partial charge on any atom is -0.497 e. The Bertz CT molecular complexity index is 1010. The van der Waals surface area contributed by atoms with Crippen LogP contribution in [0.5, 0.6) is 11.5 Å². The highest BCUT2D eigenvalue weighted by Gasteiger charge is 2.23. The minimum atomic E-state index is 0.0475. The molecule has 1 aliphatic rings. The molecule has 32 heavy (non-hydrogen) atoms. The maximum absolute atomic E-state index is 12.8. The third-order valence-corrected chi connectivity index (χ3v) is 5.41. The van der Waals surface area contributed by atoms with Crippen LogP contribution in [0.25, 0.3) is 11.4 Å². The molecule has 2 aromatic carbocycles. The van der Waals surface area contributed by atoms with Crippen molar-refractivity contribution in [2.24, 2.45) is 0 Å². The van der Waals surface area contributed by atoms with Crippen molar-refractivity contribution in [2.45, 2.75) is 19.9 Å². The molecule has 3 aromatic rings. The van der Waals surface area contributed by atoms with Crippen molar-refractivity contribution in [3.63, 3.8) is 0 Å². The summed E-state index contributed by atoms with van der Waals surface area (Å²) in [6.07, 6.45) is 0.956. The van der Waals surface area contributed by atoms with Crippen molar-refractivity contribution in [1.82, 2.24) is 19.9 Å². The number of hydrogen-bond donors (Lipinski definition) is 0. The molecule has 2 heterocycles. The van der Waals surface area contributed by atoms with Crippen LogP contribution in [0.15, 0.2) is 53.1 Å². The summed E-state index contributed by atoms with van der Waals surface area (Å²) in [6.45, 7) is 6.13. The Hall–Kier alpha value is -3.39. The lowest BCUT2D eigenvalue weighted by molar-refractivity contribution is 0.0615. The topological polar surface area (TPSA) is 80.9 Å². The molecular weight excluding hydrogens is 408 g/mol. The number of aromatic nitrogens is 2. The molecule has 1 fully saturated rings. The highest BCUT2D eigenvalue weighted by atomic mass is 16.5. The first-order chi connectivity index (χ1) is 15.7. The number of ether oxygens (including phenoxy) is 2. The molecule has 0 atom stereocenters. The zero-order valence-corrected chi connectivity index (χ0v) is 18.5. The Labute approximate surface area is 187 Å². The number of benzene rings is 2. The first-order valence-electron chi connectivity index (χ1n) is 10.9. The summed E-state index contributed by atoms with van der Waals surface area (Å²) >= 11 is 0. The summed E-state index contributed by atoms with van der Waals surface area (Å²) in [5, 5.41) is 4.09. The van der Waals surface area contributed by atoms with Gasteiger partial charge in [-0.25, -0.2) is 0 Å². The van der Waals surface area contributed by atoms with Crippen LogP contribution >= 0.6 is 0 Å². The van der Waals surface area contributed by atoms with Gasteiger partial charge >= 0.3 is 0 Å². The van der Waals surface area contributed by atoms with Gasteiger partial charge in [0.15, 0.2) is 0 Å². The lowest BCUT2D eigenvalue weighted by Crippen LogP contribution is -2.48. The number of carbonyl (C=O) groups is 1. The standard InChI is InChI=1S/C24H28N4O4/c1-3-16-31-21-10-6-19(7-11-21)24(29)28-14-12-27(13-15-28)17-22-25-23(26-32-22)18-4-8-20(30-2)9-5-18/h4-11H,3,12-17H2,1-2H3. The van der Waals surface area contributed by atoms with Gasteiger partial charge in [0.1, 0.15) is 11.5 Å². The monoisotopic (exact) mass is 436 g/mol. The molecule has 0 bridgehead atoms. The van der Waals surface area contributed by atoms with E-state index in [0.29, 0.717) is 43.5 Å². The van der Waals surface area contributed by atoms with Gasteiger partial charge in [-0.2, -0.15) is 4.98 Å². The van der Waals surface area contributed by atoms with Crippen molar-refractivity contribution < 1.29 is 18.8 Å². The average Bonchev–Trinajstić information content (AvgIpc) is 3.31. The van der Waals surface area contributed by atoms with E-state index in [4.69, 9.17) is 14.0 Å². The molecule has 0 saturated carbocycles. The summed E-state index contributed by atoms with van der Waals surface area (Å²) in [6, 6.07) is 14.9. The average molecular weight is 437 g/mol. The van der Waals surface area contributed by atoms with Gasteiger partial charge in [0.2, 0.25) is 11.7 Å². The fraction of sp³-hybridized carbons (Fsp3) is 0.375. The number of nitrogens with zero attached hydrogens (tertiary/aromatic N) is 4. The third-order valence-electron chi connectivity index (χ3n) is 5.41. The molecule has 1 saturated heterocycles. The van der Waals surface area contributed by atoms with Crippen LogP contribution in [-0.2, 0) is 6.54 Å². The van der Waals surface area contributed by atoms with E-state index < -0.39 is 0 Å². The molecule has 0 radical (unpaired) electrons. The fourth-order valence-corrected chi connectivity index (χ4v) is 3.57. The summed E-state index contributed by atoms with van der Waals surface area (Å²) in [5.41, 5.74) is 1.56.